The summed E-state index contributed by atoms with van der Waals surface area (Å²) in [6.45, 7) is 5.52. The Labute approximate surface area is 119 Å². The third-order valence-corrected chi connectivity index (χ3v) is 3.71. The van der Waals surface area contributed by atoms with Crippen molar-refractivity contribution in [2.24, 2.45) is 5.73 Å². The first kappa shape index (κ1) is 14.6. The molecule has 0 aliphatic heterocycles. The minimum Gasteiger partial charge on any atom is -0.478 e. The minimum absolute atomic E-state index is 0.382. The van der Waals surface area contributed by atoms with Crippen LogP contribution in [0.5, 0.6) is 0 Å². The molecular formula is C16H22N2O2. The second-order valence-corrected chi connectivity index (χ2v) is 5.23. The van der Waals surface area contributed by atoms with Crippen LogP contribution in [0, 0.1) is 6.92 Å². The monoisotopic (exact) mass is 274 g/mol. The number of rotatable bonds is 6. The summed E-state index contributed by atoms with van der Waals surface area (Å²) in [5.74, 6) is -0.868. The molecule has 0 unspecified atom stereocenters. The average Bonchev–Trinajstić information content (AvgIpc) is 2.73. The van der Waals surface area contributed by atoms with Crippen LogP contribution in [0.4, 0.5) is 0 Å². The molecule has 0 saturated heterocycles. The van der Waals surface area contributed by atoms with Crippen LogP contribution in [-0.2, 0) is 13.0 Å². The van der Waals surface area contributed by atoms with E-state index in [4.69, 9.17) is 5.73 Å². The summed E-state index contributed by atoms with van der Waals surface area (Å²) in [5.41, 5.74) is 9.07. The number of carboxylic acids is 1. The van der Waals surface area contributed by atoms with Crippen molar-refractivity contribution in [3.63, 3.8) is 0 Å². The van der Waals surface area contributed by atoms with Gasteiger partial charge in [0.1, 0.15) is 0 Å². The van der Waals surface area contributed by atoms with E-state index in [-0.39, 0.29) is 0 Å². The van der Waals surface area contributed by atoms with Crippen molar-refractivity contribution in [1.82, 2.24) is 4.57 Å². The lowest BCUT2D eigenvalue weighted by atomic mass is 10.0. The van der Waals surface area contributed by atoms with Crippen LogP contribution in [0.15, 0.2) is 18.3 Å². The third-order valence-electron chi connectivity index (χ3n) is 3.71. The molecule has 3 N–H and O–H groups in total. The van der Waals surface area contributed by atoms with Crippen molar-refractivity contribution in [3.8, 4) is 0 Å². The number of nitrogens with two attached hydrogens (primary N) is 1. The first-order chi connectivity index (χ1) is 9.58. The highest BCUT2D eigenvalue weighted by molar-refractivity contribution is 5.96. The van der Waals surface area contributed by atoms with Crippen LogP contribution in [0.2, 0.25) is 0 Å². The van der Waals surface area contributed by atoms with Crippen molar-refractivity contribution in [2.45, 2.75) is 39.7 Å². The Hall–Kier alpha value is -1.81. The Morgan fingerprint density at radius 3 is 2.75 bits per heavy atom. The molecule has 108 valence electrons. The summed E-state index contributed by atoms with van der Waals surface area (Å²) in [4.78, 5) is 11.3. The topological polar surface area (TPSA) is 68.2 Å². The number of fused-ring (bicyclic) bond motifs is 1. The van der Waals surface area contributed by atoms with Crippen LogP contribution in [0.25, 0.3) is 10.9 Å². The van der Waals surface area contributed by atoms with Gasteiger partial charge in [0, 0.05) is 23.6 Å². The van der Waals surface area contributed by atoms with Crippen LogP contribution in [0.1, 0.15) is 41.3 Å². The molecule has 4 nitrogen and oxygen atoms in total. The van der Waals surface area contributed by atoms with Crippen LogP contribution in [-0.4, -0.2) is 22.2 Å². The number of hydrogen-bond acceptors (Lipinski definition) is 2. The predicted molar refractivity (Wildman–Crippen MR) is 81.3 cm³/mol. The van der Waals surface area contributed by atoms with Gasteiger partial charge in [-0.2, -0.15) is 0 Å². The Balaban J connectivity index is 2.60. The molecule has 20 heavy (non-hydrogen) atoms. The normalized spacial score (nSPS) is 11.2. The van der Waals surface area contributed by atoms with Crippen molar-refractivity contribution < 1.29 is 9.90 Å². The molecule has 0 spiro atoms. The van der Waals surface area contributed by atoms with Gasteiger partial charge in [0.25, 0.3) is 0 Å². The number of hydrogen-bond donors (Lipinski definition) is 2. The van der Waals surface area contributed by atoms with Crippen LogP contribution < -0.4 is 5.73 Å². The molecule has 2 aromatic rings. The van der Waals surface area contributed by atoms with Gasteiger partial charge in [-0.1, -0.05) is 13.3 Å². The summed E-state index contributed by atoms with van der Waals surface area (Å²) in [5, 5.41) is 10.4. The second kappa shape index (κ2) is 6.09. The smallest absolute Gasteiger partial charge is 0.336 e. The summed E-state index contributed by atoms with van der Waals surface area (Å²) in [7, 11) is 0. The number of aryl methyl sites for hydroxylation is 2. The van der Waals surface area contributed by atoms with Crippen LogP contribution in [0.3, 0.4) is 0 Å². The zero-order valence-corrected chi connectivity index (χ0v) is 12.1. The van der Waals surface area contributed by atoms with E-state index in [2.05, 4.69) is 17.7 Å². The standard InChI is InChI=1S/C16H22N2O2/c1-3-4-7-18-10-12(5-6-17)14-8-11(2)13(16(19)20)9-15(14)18/h8-10H,3-7,17H2,1-2H3,(H,19,20). The Morgan fingerprint density at radius 1 is 1.40 bits per heavy atom. The van der Waals surface area contributed by atoms with E-state index >= 15 is 0 Å². The molecular weight excluding hydrogens is 252 g/mol. The van der Waals surface area contributed by atoms with Gasteiger partial charge in [-0.05, 0) is 49.6 Å². The van der Waals surface area contributed by atoms with E-state index in [9.17, 15) is 9.90 Å². The number of carbonyl (C=O) groups is 1. The summed E-state index contributed by atoms with van der Waals surface area (Å²) in [6.07, 6.45) is 5.14. The van der Waals surface area contributed by atoms with E-state index in [1.54, 1.807) is 6.07 Å². The Kier molecular flexibility index (Phi) is 4.45. The first-order valence-electron chi connectivity index (χ1n) is 7.14. The molecule has 0 amide bonds. The fraction of sp³-hybridized carbons (Fsp3) is 0.438. The molecule has 1 aromatic heterocycles. The van der Waals surface area contributed by atoms with Gasteiger partial charge in [0.2, 0.25) is 0 Å². The maximum atomic E-state index is 11.3. The van der Waals surface area contributed by atoms with Crippen molar-refractivity contribution in [1.29, 1.82) is 0 Å². The van der Waals surface area contributed by atoms with Gasteiger partial charge in [-0.3, -0.25) is 0 Å². The lowest BCUT2D eigenvalue weighted by molar-refractivity contribution is 0.0696. The lowest BCUT2D eigenvalue weighted by Gasteiger charge is -2.06. The Bertz CT molecular complexity index is 629. The van der Waals surface area contributed by atoms with Gasteiger partial charge in [-0.15, -0.1) is 0 Å². The number of carboxylic acid groups (broad SMARTS) is 1. The second-order valence-electron chi connectivity index (χ2n) is 5.23. The molecule has 0 aliphatic carbocycles. The largest absolute Gasteiger partial charge is 0.478 e. The molecule has 0 bridgehead atoms. The van der Waals surface area contributed by atoms with Crippen molar-refractivity contribution in [2.75, 3.05) is 6.54 Å². The minimum atomic E-state index is -0.868. The van der Waals surface area contributed by atoms with Gasteiger partial charge in [0.15, 0.2) is 0 Å². The maximum absolute atomic E-state index is 11.3. The number of benzene rings is 1. The number of aromatic nitrogens is 1. The summed E-state index contributed by atoms with van der Waals surface area (Å²) >= 11 is 0. The zero-order valence-electron chi connectivity index (χ0n) is 12.1. The molecule has 0 radical (unpaired) electrons. The molecule has 4 heteroatoms. The SMILES string of the molecule is CCCCn1cc(CCN)c2cc(C)c(C(=O)O)cc21. The van der Waals surface area contributed by atoms with Crippen LogP contribution >= 0.6 is 0 Å². The van der Waals surface area contributed by atoms with Gasteiger partial charge >= 0.3 is 5.97 Å². The molecule has 1 heterocycles. The number of nitrogens with zero attached hydrogens (tertiary/aromatic N) is 1. The highest BCUT2D eigenvalue weighted by atomic mass is 16.4. The molecule has 1 aromatic carbocycles. The van der Waals surface area contributed by atoms with Gasteiger partial charge in [0.05, 0.1) is 5.56 Å². The highest BCUT2D eigenvalue weighted by Crippen LogP contribution is 2.26. The van der Waals surface area contributed by atoms with E-state index in [1.165, 1.54) is 5.56 Å². The highest BCUT2D eigenvalue weighted by Gasteiger charge is 2.14. The zero-order chi connectivity index (χ0) is 14.7. The number of aromatic carboxylic acids is 1. The average molecular weight is 274 g/mol. The van der Waals surface area contributed by atoms with E-state index in [0.29, 0.717) is 12.1 Å². The van der Waals surface area contributed by atoms with E-state index < -0.39 is 5.97 Å². The molecule has 0 fully saturated rings. The molecule has 0 aliphatic rings. The maximum Gasteiger partial charge on any atom is 0.336 e. The van der Waals surface area contributed by atoms with Gasteiger partial charge in [-0.25, -0.2) is 4.79 Å². The van der Waals surface area contributed by atoms with Gasteiger partial charge < -0.3 is 15.4 Å². The fourth-order valence-electron chi connectivity index (χ4n) is 2.62. The first-order valence-corrected chi connectivity index (χ1v) is 7.14. The lowest BCUT2D eigenvalue weighted by Crippen LogP contribution is -2.02. The number of unbranched alkanes of at least 4 members (excludes halogenated alkanes) is 1. The Morgan fingerprint density at radius 2 is 2.15 bits per heavy atom. The summed E-state index contributed by atoms with van der Waals surface area (Å²) < 4.78 is 2.16. The fourth-order valence-corrected chi connectivity index (χ4v) is 2.62. The third kappa shape index (κ3) is 2.70. The molecule has 2 rings (SSSR count). The quantitative estimate of drug-likeness (QED) is 0.851. The van der Waals surface area contributed by atoms with Crippen molar-refractivity contribution in [3.05, 3.63) is 35.0 Å². The van der Waals surface area contributed by atoms with E-state index in [1.807, 2.05) is 13.0 Å². The van der Waals surface area contributed by atoms with Crippen molar-refractivity contribution >= 4 is 16.9 Å². The summed E-state index contributed by atoms with van der Waals surface area (Å²) in [6, 6.07) is 3.77. The molecule has 0 atom stereocenters. The van der Waals surface area contributed by atoms with E-state index in [0.717, 1.165) is 42.3 Å². The predicted octanol–water partition coefficient (Wildman–Crippen LogP) is 2.95. The molecule has 0 saturated carbocycles.